The minimum Gasteiger partial charge on any atom is -0.464 e. The van der Waals surface area contributed by atoms with Crippen LogP contribution in [0.15, 0.2) is 30.3 Å². The summed E-state index contributed by atoms with van der Waals surface area (Å²) >= 11 is 0. The van der Waals surface area contributed by atoms with Crippen LogP contribution in [0.2, 0.25) is 0 Å². The summed E-state index contributed by atoms with van der Waals surface area (Å²) in [6.45, 7) is 6.37. The fourth-order valence-electron chi connectivity index (χ4n) is 4.36. The highest BCUT2D eigenvalue weighted by molar-refractivity contribution is 5.83. The highest BCUT2D eigenvalue weighted by Gasteiger charge is 2.51. The maximum atomic E-state index is 12.8. The molecule has 0 spiro atoms. The SMILES string of the molecule is CCOC(=O)[C@H](CC[C@@H](C[C@H]1OC(OC(C)=O)[C@H](OC(C)=O)[C@@H]1OC(C)=O)NC(=O)OCc1ccccc1)NC(C)=O. The number of rotatable bonds is 14. The molecule has 14 heteroatoms. The minimum atomic E-state index is -1.39. The van der Waals surface area contributed by atoms with Gasteiger partial charge in [-0.25, -0.2) is 9.59 Å². The standard InChI is InChI=1S/C28H38N2O12/c1-6-37-26(35)22(29-16(2)31)13-12-21(30-28(36)38-15-20-10-8-7-9-11-20)14-23-24(39-17(3)32)25(40-18(4)33)27(42-23)41-19(5)34/h7-11,21-25,27H,6,12-15H2,1-5H3,(H,29,31)(H,30,36)/t21-,22-,23+,24+,25+,27?/m0/s1. The van der Waals surface area contributed by atoms with Crippen LogP contribution in [0.1, 0.15) is 59.4 Å². The normalized spacial score (nSPS) is 20.8. The Balaban J connectivity index is 2.28. The number of alkyl carbamates (subject to hydrolysis) is 1. The van der Waals surface area contributed by atoms with Gasteiger partial charge < -0.3 is 39.1 Å². The molecule has 42 heavy (non-hydrogen) atoms. The Hall–Kier alpha value is -4.20. The van der Waals surface area contributed by atoms with Gasteiger partial charge in [0.1, 0.15) is 18.8 Å². The molecule has 2 rings (SSSR count). The van der Waals surface area contributed by atoms with Gasteiger partial charge in [0.25, 0.3) is 0 Å². The van der Waals surface area contributed by atoms with Crippen LogP contribution in [-0.2, 0) is 59.0 Å². The smallest absolute Gasteiger partial charge is 0.407 e. The van der Waals surface area contributed by atoms with Gasteiger partial charge in [-0.15, -0.1) is 0 Å². The van der Waals surface area contributed by atoms with Crippen molar-refractivity contribution in [3.8, 4) is 0 Å². The number of hydrogen-bond acceptors (Lipinski definition) is 12. The molecule has 0 saturated carbocycles. The summed E-state index contributed by atoms with van der Waals surface area (Å²) in [5.74, 6) is -3.29. The first-order valence-electron chi connectivity index (χ1n) is 13.5. The fraction of sp³-hybridized carbons (Fsp3) is 0.571. The van der Waals surface area contributed by atoms with Crippen LogP contribution in [-0.4, -0.2) is 79.2 Å². The van der Waals surface area contributed by atoms with Crippen molar-refractivity contribution < 1.29 is 57.2 Å². The van der Waals surface area contributed by atoms with Crippen LogP contribution in [0, 0.1) is 0 Å². The number of hydrogen-bond donors (Lipinski definition) is 2. The van der Waals surface area contributed by atoms with E-state index in [1.165, 1.54) is 6.92 Å². The molecule has 1 unspecified atom stereocenters. The van der Waals surface area contributed by atoms with Gasteiger partial charge in [-0.05, 0) is 31.7 Å². The van der Waals surface area contributed by atoms with E-state index >= 15 is 0 Å². The van der Waals surface area contributed by atoms with Crippen LogP contribution >= 0.6 is 0 Å². The van der Waals surface area contributed by atoms with E-state index in [1.54, 1.807) is 31.2 Å². The van der Waals surface area contributed by atoms with Crippen LogP contribution < -0.4 is 10.6 Å². The monoisotopic (exact) mass is 594 g/mol. The number of ether oxygens (including phenoxy) is 6. The largest absolute Gasteiger partial charge is 0.464 e. The highest BCUT2D eigenvalue weighted by atomic mass is 16.7. The van der Waals surface area contributed by atoms with Crippen LogP contribution in [0.4, 0.5) is 4.79 Å². The van der Waals surface area contributed by atoms with Crippen molar-refractivity contribution in [2.45, 2.75) is 97.2 Å². The number of esters is 4. The van der Waals surface area contributed by atoms with Gasteiger partial charge in [0.2, 0.25) is 18.3 Å². The van der Waals surface area contributed by atoms with E-state index in [0.717, 1.165) is 26.3 Å². The number of benzene rings is 1. The van der Waals surface area contributed by atoms with Crippen molar-refractivity contribution in [1.29, 1.82) is 0 Å². The van der Waals surface area contributed by atoms with Crippen LogP contribution in [0.25, 0.3) is 0 Å². The maximum Gasteiger partial charge on any atom is 0.407 e. The van der Waals surface area contributed by atoms with Gasteiger partial charge in [0.15, 0.2) is 6.10 Å². The minimum absolute atomic E-state index is 0.0181. The lowest BCUT2D eigenvalue weighted by Gasteiger charge is -2.26. The van der Waals surface area contributed by atoms with Gasteiger partial charge in [0.05, 0.1) is 6.61 Å². The average Bonchev–Trinajstić information content (AvgIpc) is 3.18. The van der Waals surface area contributed by atoms with Gasteiger partial charge in [-0.1, -0.05) is 30.3 Å². The predicted molar refractivity (Wildman–Crippen MR) is 143 cm³/mol. The van der Waals surface area contributed by atoms with Crippen molar-refractivity contribution in [3.63, 3.8) is 0 Å². The van der Waals surface area contributed by atoms with Gasteiger partial charge in [-0.2, -0.15) is 0 Å². The summed E-state index contributed by atoms with van der Waals surface area (Å²) in [6.07, 6.45) is -5.58. The quantitative estimate of drug-likeness (QED) is 0.235. The Bertz CT molecular complexity index is 1100. The third kappa shape index (κ3) is 11.7. The molecule has 14 nitrogen and oxygen atoms in total. The molecule has 2 amide bonds. The van der Waals surface area contributed by atoms with E-state index in [2.05, 4.69) is 10.6 Å². The topological polar surface area (TPSA) is 182 Å². The number of carbonyl (C=O) groups excluding carboxylic acids is 6. The molecule has 1 saturated heterocycles. The Morgan fingerprint density at radius 3 is 2.00 bits per heavy atom. The van der Waals surface area contributed by atoms with Crippen LogP contribution in [0.3, 0.4) is 0 Å². The highest BCUT2D eigenvalue weighted by Crippen LogP contribution is 2.31. The summed E-state index contributed by atoms with van der Waals surface area (Å²) in [5.41, 5.74) is 0.750. The fourth-order valence-corrected chi connectivity index (χ4v) is 4.36. The van der Waals surface area contributed by atoms with Crippen molar-refractivity contribution in [1.82, 2.24) is 10.6 Å². The van der Waals surface area contributed by atoms with Crippen molar-refractivity contribution in [2.24, 2.45) is 0 Å². The summed E-state index contributed by atoms with van der Waals surface area (Å²) in [5, 5.41) is 5.25. The lowest BCUT2D eigenvalue weighted by molar-refractivity contribution is -0.195. The van der Waals surface area contributed by atoms with Crippen molar-refractivity contribution in [3.05, 3.63) is 35.9 Å². The number of amides is 2. The van der Waals surface area contributed by atoms with E-state index in [9.17, 15) is 28.8 Å². The first kappa shape index (κ1) is 34.0. The molecule has 1 aromatic rings. The van der Waals surface area contributed by atoms with E-state index in [4.69, 9.17) is 28.4 Å². The molecule has 0 radical (unpaired) electrons. The number of carbonyl (C=O) groups is 6. The second kappa shape index (κ2) is 16.9. The lowest BCUT2D eigenvalue weighted by atomic mass is 9.97. The van der Waals surface area contributed by atoms with E-state index in [0.29, 0.717) is 0 Å². The number of nitrogens with one attached hydrogen (secondary N) is 2. The zero-order valence-electron chi connectivity index (χ0n) is 24.3. The van der Waals surface area contributed by atoms with Crippen molar-refractivity contribution >= 4 is 35.9 Å². The van der Waals surface area contributed by atoms with Gasteiger partial charge in [0, 0.05) is 33.7 Å². The average molecular weight is 595 g/mol. The van der Waals surface area contributed by atoms with Gasteiger partial charge >= 0.3 is 30.0 Å². The molecule has 1 aliphatic heterocycles. The second-order valence-corrected chi connectivity index (χ2v) is 9.52. The third-order valence-electron chi connectivity index (χ3n) is 5.96. The Morgan fingerprint density at radius 1 is 0.810 bits per heavy atom. The zero-order chi connectivity index (χ0) is 31.2. The molecule has 0 aliphatic carbocycles. The van der Waals surface area contributed by atoms with E-state index in [1.807, 2.05) is 6.07 Å². The molecular weight excluding hydrogens is 556 g/mol. The van der Waals surface area contributed by atoms with Crippen LogP contribution in [0.5, 0.6) is 0 Å². The van der Waals surface area contributed by atoms with E-state index < -0.39 is 72.6 Å². The summed E-state index contributed by atoms with van der Waals surface area (Å²) in [4.78, 5) is 72.4. The zero-order valence-corrected chi connectivity index (χ0v) is 24.3. The summed E-state index contributed by atoms with van der Waals surface area (Å²) in [7, 11) is 0. The molecule has 1 fully saturated rings. The molecule has 1 heterocycles. The molecular formula is C28H38N2O12. The predicted octanol–water partition coefficient (Wildman–Crippen LogP) is 1.67. The first-order chi connectivity index (χ1) is 19.9. The molecule has 2 N–H and O–H groups in total. The molecule has 6 atom stereocenters. The van der Waals surface area contributed by atoms with Crippen molar-refractivity contribution in [2.75, 3.05) is 6.61 Å². The Kier molecular flexibility index (Phi) is 13.7. The molecule has 0 bridgehead atoms. The summed E-state index contributed by atoms with van der Waals surface area (Å²) in [6, 6.07) is 7.18. The van der Waals surface area contributed by atoms with Gasteiger partial charge in [-0.3, -0.25) is 19.2 Å². The Morgan fingerprint density at radius 2 is 1.43 bits per heavy atom. The first-order valence-corrected chi connectivity index (χ1v) is 13.5. The molecule has 1 aliphatic rings. The summed E-state index contributed by atoms with van der Waals surface area (Å²) < 4.78 is 32.1. The third-order valence-corrected chi connectivity index (χ3v) is 5.96. The second-order valence-electron chi connectivity index (χ2n) is 9.52. The molecule has 232 valence electrons. The Labute approximate surface area is 243 Å². The van der Waals surface area contributed by atoms with E-state index in [-0.39, 0.29) is 32.5 Å². The molecule has 0 aromatic heterocycles. The maximum absolute atomic E-state index is 12.8. The molecule has 1 aromatic carbocycles. The lowest BCUT2D eigenvalue weighted by Crippen LogP contribution is -2.45.